The van der Waals surface area contributed by atoms with Crippen molar-refractivity contribution >= 4 is 46.6 Å². The van der Waals surface area contributed by atoms with Crippen LogP contribution in [0, 0.1) is 6.92 Å². The summed E-state index contributed by atoms with van der Waals surface area (Å²) in [6.45, 7) is 1.63. The van der Waals surface area contributed by atoms with Crippen molar-refractivity contribution in [3.63, 3.8) is 0 Å². The quantitative estimate of drug-likeness (QED) is 0.482. The molecule has 1 N–H and O–H groups in total. The number of carbonyl (C=O) groups is 2. The Morgan fingerprint density at radius 1 is 1.00 bits per heavy atom. The van der Waals surface area contributed by atoms with Gasteiger partial charge in [0.2, 0.25) is 0 Å². The number of aromatic nitrogens is 2. The summed E-state index contributed by atoms with van der Waals surface area (Å²) in [4.78, 5) is 23.2. The summed E-state index contributed by atoms with van der Waals surface area (Å²) < 4.78 is 1.44. The Morgan fingerprint density at radius 3 is 2.19 bits per heavy atom. The second kappa shape index (κ2) is 7.11. The molecule has 0 saturated carbocycles. The molecule has 2 aromatic carbocycles. The third kappa shape index (κ3) is 3.33. The summed E-state index contributed by atoms with van der Waals surface area (Å²) in [5.41, 5.74) is 1.97. The first-order valence-electron chi connectivity index (χ1n) is 7.38. The molecule has 0 radical (unpaired) electrons. The molecular weight excluding hydrogens is 399 g/mol. The van der Waals surface area contributed by atoms with Crippen molar-refractivity contribution in [1.29, 1.82) is 0 Å². The molecule has 3 rings (SSSR count). The molecular formula is C18H11Cl3N2O3. The molecule has 0 bridgehead atoms. The molecule has 0 unspecified atom stereocenters. The zero-order valence-corrected chi connectivity index (χ0v) is 15.6. The minimum Gasteiger partial charge on any atom is -0.475 e. The highest BCUT2D eigenvalue weighted by atomic mass is 35.5. The van der Waals surface area contributed by atoms with Crippen molar-refractivity contribution in [2.45, 2.75) is 6.92 Å². The highest BCUT2D eigenvalue weighted by Crippen LogP contribution is 2.33. The maximum absolute atomic E-state index is 12.0. The smallest absolute Gasteiger partial charge is 0.379 e. The van der Waals surface area contributed by atoms with Gasteiger partial charge in [-0.2, -0.15) is 5.10 Å². The summed E-state index contributed by atoms with van der Waals surface area (Å²) >= 11 is 18.2. The Kier molecular flexibility index (Phi) is 5.05. The lowest BCUT2D eigenvalue weighted by atomic mass is 10.0. The first-order chi connectivity index (χ1) is 12.3. The third-order valence-corrected chi connectivity index (χ3v) is 4.58. The van der Waals surface area contributed by atoms with E-state index in [1.54, 1.807) is 49.4 Å². The lowest BCUT2D eigenvalue weighted by Gasteiger charge is -2.11. The average molecular weight is 410 g/mol. The number of carboxylic acid groups (broad SMARTS) is 1. The molecule has 132 valence electrons. The van der Waals surface area contributed by atoms with Crippen LogP contribution in [0.2, 0.25) is 15.1 Å². The van der Waals surface area contributed by atoms with Gasteiger partial charge in [-0.05, 0) is 37.3 Å². The number of hydrogen-bond donors (Lipinski definition) is 1. The normalized spacial score (nSPS) is 10.8. The summed E-state index contributed by atoms with van der Waals surface area (Å²) in [6, 6.07) is 11.7. The first kappa shape index (κ1) is 18.5. The minimum atomic E-state index is -1.58. The maximum atomic E-state index is 12.0. The Hall–Kier alpha value is -2.34. The Labute approximate surface area is 163 Å². The van der Waals surface area contributed by atoms with E-state index in [4.69, 9.17) is 39.9 Å². The zero-order valence-electron chi connectivity index (χ0n) is 13.3. The van der Waals surface area contributed by atoms with Crippen molar-refractivity contribution < 1.29 is 14.7 Å². The van der Waals surface area contributed by atoms with Gasteiger partial charge in [-0.1, -0.05) is 46.9 Å². The van der Waals surface area contributed by atoms with Gasteiger partial charge in [-0.25, -0.2) is 9.48 Å². The molecule has 5 nitrogen and oxygen atoms in total. The fourth-order valence-electron chi connectivity index (χ4n) is 2.59. The molecule has 0 atom stereocenters. The van der Waals surface area contributed by atoms with E-state index in [0.29, 0.717) is 37.6 Å². The largest absolute Gasteiger partial charge is 0.475 e. The van der Waals surface area contributed by atoms with Crippen LogP contribution >= 0.6 is 34.8 Å². The second-order valence-electron chi connectivity index (χ2n) is 5.47. The number of nitrogens with zero attached hydrogens (tertiary/aromatic N) is 2. The lowest BCUT2D eigenvalue weighted by Crippen LogP contribution is -2.14. The van der Waals surface area contributed by atoms with Crippen LogP contribution in [0.25, 0.3) is 16.9 Å². The fourth-order valence-corrected chi connectivity index (χ4v) is 3.20. The first-order valence-corrected chi connectivity index (χ1v) is 8.51. The van der Waals surface area contributed by atoms with Gasteiger partial charge in [0, 0.05) is 21.2 Å². The highest BCUT2D eigenvalue weighted by molar-refractivity contribution is 6.40. The molecule has 1 aromatic heterocycles. The third-order valence-electron chi connectivity index (χ3n) is 3.79. The Bertz CT molecular complexity index is 1030. The van der Waals surface area contributed by atoms with Crippen molar-refractivity contribution in [3.8, 4) is 16.9 Å². The van der Waals surface area contributed by atoms with E-state index in [9.17, 15) is 9.59 Å². The van der Waals surface area contributed by atoms with Crippen molar-refractivity contribution in [1.82, 2.24) is 9.78 Å². The summed E-state index contributed by atoms with van der Waals surface area (Å²) in [7, 11) is 0. The van der Waals surface area contributed by atoms with E-state index in [-0.39, 0.29) is 5.69 Å². The van der Waals surface area contributed by atoms with Crippen LogP contribution in [0.5, 0.6) is 0 Å². The lowest BCUT2D eigenvalue weighted by molar-refractivity contribution is -0.131. The van der Waals surface area contributed by atoms with Gasteiger partial charge < -0.3 is 5.11 Å². The van der Waals surface area contributed by atoms with E-state index in [2.05, 4.69) is 5.10 Å². The number of benzene rings is 2. The van der Waals surface area contributed by atoms with Crippen LogP contribution in [0.4, 0.5) is 0 Å². The van der Waals surface area contributed by atoms with E-state index in [0.717, 1.165) is 0 Å². The van der Waals surface area contributed by atoms with E-state index >= 15 is 0 Å². The van der Waals surface area contributed by atoms with E-state index in [1.165, 1.54) is 4.68 Å². The summed E-state index contributed by atoms with van der Waals surface area (Å²) in [5.74, 6) is -2.68. The number of hydrogen-bond acceptors (Lipinski definition) is 3. The number of rotatable bonds is 4. The molecule has 0 aliphatic heterocycles. The molecule has 3 aromatic rings. The average Bonchev–Trinajstić information content (AvgIpc) is 2.92. The molecule has 0 aliphatic carbocycles. The molecule has 0 fully saturated rings. The van der Waals surface area contributed by atoms with Gasteiger partial charge in [0.1, 0.15) is 5.69 Å². The minimum absolute atomic E-state index is 0.159. The van der Waals surface area contributed by atoms with E-state index in [1.807, 2.05) is 0 Å². The summed E-state index contributed by atoms with van der Waals surface area (Å²) in [6.07, 6.45) is 0. The Balaban J connectivity index is 2.31. The number of carboxylic acids is 1. The van der Waals surface area contributed by atoms with Crippen LogP contribution in [0.1, 0.15) is 16.1 Å². The molecule has 26 heavy (non-hydrogen) atoms. The predicted octanol–water partition coefficient (Wildman–Crippen LogP) is 5.08. The topological polar surface area (TPSA) is 72.2 Å². The van der Waals surface area contributed by atoms with Crippen LogP contribution < -0.4 is 0 Å². The molecule has 0 aliphatic rings. The number of Topliss-reactive ketones (excluding diaryl/α,β-unsaturated/α-hetero) is 1. The van der Waals surface area contributed by atoms with Crippen LogP contribution in [-0.2, 0) is 4.79 Å². The van der Waals surface area contributed by atoms with Crippen LogP contribution in [0.15, 0.2) is 42.5 Å². The van der Waals surface area contributed by atoms with Gasteiger partial charge in [-0.3, -0.25) is 4.79 Å². The Morgan fingerprint density at radius 2 is 1.62 bits per heavy atom. The van der Waals surface area contributed by atoms with Crippen molar-refractivity contribution in [2.24, 2.45) is 0 Å². The van der Waals surface area contributed by atoms with Crippen LogP contribution in [-0.4, -0.2) is 26.6 Å². The maximum Gasteiger partial charge on any atom is 0.379 e. The molecule has 0 amide bonds. The molecule has 1 heterocycles. The van der Waals surface area contributed by atoms with Gasteiger partial charge in [0.15, 0.2) is 0 Å². The fraction of sp³-hybridized carbons (Fsp3) is 0.0556. The summed E-state index contributed by atoms with van der Waals surface area (Å²) in [5, 5.41) is 14.6. The predicted molar refractivity (Wildman–Crippen MR) is 101 cm³/mol. The van der Waals surface area contributed by atoms with Gasteiger partial charge in [0.05, 0.1) is 16.4 Å². The van der Waals surface area contributed by atoms with Gasteiger partial charge in [0.25, 0.3) is 5.78 Å². The molecule has 0 saturated heterocycles. The standard InChI is InChI=1S/C18H11Cl3N2O3/c1-9-15(17(24)18(25)26)22-23(14-7-6-12(20)8-13(14)21)16(9)10-2-4-11(19)5-3-10/h2-8H,1H3,(H,25,26). The van der Waals surface area contributed by atoms with E-state index < -0.39 is 11.8 Å². The second-order valence-corrected chi connectivity index (χ2v) is 6.75. The van der Waals surface area contributed by atoms with Crippen molar-refractivity contribution in [2.75, 3.05) is 0 Å². The highest BCUT2D eigenvalue weighted by Gasteiger charge is 2.26. The number of carbonyl (C=O) groups excluding carboxylic acids is 1. The van der Waals surface area contributed by atoms with Gasteiger partial charge >= 0.3 is 5.97 Å². The zero-order chi connectivity index (χ0) is 19.0. The molecule has 0 spiro atoms. The number of aliphatic carboxylic acids is 1. The SMILES string of the molecule is Cc1c(C(=O)C(=O)O)nn(-c2ccc(Cl)cc2Cl)c1-c1ccc(Cl)cc1. The monoisotopic (exact) mass is 408 g/mol. The van der Waals surface area contributed by atoms with Crippen LogP contribution in [0.3, 0.4) is 0 Å². The number of ketones is 1. The molecule has 8 heteroatoms. The van der Waals surface area contributed by atoms with Crippen molar-refractivity contribution in [3.05, 3.63) is 68.8 Å². The number of halogens is 3. The van der Waals surface area contributed by atoms with Gasteiger partial charge in [-0.15, -0.1) is 0 Å².